The second-order valence-corrected chi connectivity index (χ2v) is 5.39. The fraction of sp³-hybridized carbons (Fsp3) is 0.263. The monoisotopic (exact) mass is 306 g/mol. The van der Waals surface area contributed by atoms with E-state index in [4.69, 9.17) is 20.0 Å². The average molecular weight is 306 g/mol. The van der Waals surface area contributed by atoms with E-state index < -0.39 is 0 Å². The highest BCUT2D eigenvalue weighted by atomic mass is 16.5. The third kappa shape index (κ3) is 4.02. The summed E-state index contributed by atoms with van der Waals surface area (Å²) in [5.41, 5.74) is 2.33. The van der Waals surface area contributed by atoms with Gasteiger partial charge in [-0.05, 0) is 41.3 Å². The van der Waals surface area contributed by atoms with Crippen molar-refractivity contribution in [1.29, 1.82) is 10.5 Å². The number of hydrogen-bond acceptors (Lipinski definition) is 4. The predicted octanol–water partition coefficient (Wildman–Crippen LogP) is 4.58. The van der Waals surface area contributed by atoms with Crippen molar-refractivity contribution in [2.75, 3.05) is 0 Å². The second-order valence-electron chi connectivity index (χ2n) is 5.39. The molecule has 1 atom stereocenters. The van der Waals surface area contributed by atoms with Crippen LogP contribution in [0.3, 0.4) is 0 Å². The van der Waals surface area contributed by atoms with Crippen LogP contribution in [0.25, 0.3) is 0 Å². The molecule has 0 amide bonds. The first-order chi connectivity index (χ1) is 11.2. The van der Waals surface area contributed by atoms with Crippen LogP contribution in [0.1, 0.15) is 37.3 Å². The van der Waals surface area contributed by atoms with Gasteiger partial charge in [-0.2, -0.15) is 0 Å². The molecule has 0 aliphatic heterocycles. The maximum absolute atomic E-state index is 8.57. The largest absolute Gasteiger partial charge is 0.388 e. The number of ether oxygens (including phenoxy) is 2. The number of rotatable bonds is 6. The topological polar surface area (TPSA) is 66.0 Å². The van der Waals surface area contributed by atoms with Crippen molar-refractivity contribution >= 4 is 0 Å². The van der Waals surface area contributed by atoms with E-state index in [1.807, 2.05) is 24.3 Å². The molecule has 2 aromatic carbocycles. The van der Waals surface area contributed by atoms with Gasteiger partial charge in [0.15, 0.2) is 0 Å². The van der Waals surface area contributed by atoms with Gasteiger partial charge < -0.3 is 9.47 Å². The summed E-state index contributed by atoms with van der Waals surface area (Å²) in [6.45, 7) is 4.38. The van der Waals surface area contributed by atoms with Crippen molar-refractivity contribution < 1.29 is 9.47 Å². The standard InChI is InChI=1S/C19H18N2O2/c1-3-14(2)19(15-4-8-17(9-5-15)22-12-20)16-6-10-18(11-7-16)23-13-21/h4-11,14,19H,3H2,1-2H3. The van der Waals surface area contributed by atoms with Crippen molar-refractivity contribution in [2.24, 2.45) is 5.92 Å². The number of hydrogen-bond donors (Lipinski definition) is 0. The molecule has 2 rings (SSSR count). The highest BCUT2D eigenvalue weighted by molar-refractivity contribution is 5.39. The molecule has 116 valence electrons. The summed E-state index contributed by atoms with van der Waals surface area (Å²) >= 11 is 0. The molecule has 23 heavy (non-hydrogen) atoms. The van der Waals surface area contributed by atoms with Crippen molar-refractivity contribution in [3.63, 3.8) is 0 Å². The van der Waals surface area contributed by atoms with Crippen LogP contribution in [0.5, 0.6) is 11.5 Å². The van der Waals surface area contributed by atoms with Crippen molar-refractivity contribution in [2.45, 2.75) is 26.2 Å². The van der Waals surface area contributed by atoms with Crippen LogP contribution in [0.15, 0.2) is 48.5 Å². The van der Waals surface area contributed by atoms with E-state index in [1.54, 1.807) is 36.8 Å². The zero-order valence-electron chi connectivity index (χ0n) is 13.2. The smallest absolute Gasteiger partial charge is 0.292 e. The molecule has 0 aromatic heterocycles. The van der Waals surface area contributed by atoms with E-state index in [2.05, 4.69) is 13.8 Å². The summed E-state index contributed by atoms with van der Waals surface area (Å²) < 4.78 is 9.67. The molecule has 4 nitrogen and oxygen atoms in total. The fourth-order valence-corrected chi connectivity index (χ4v) is 2.68. The fourth-order valence-electron chi connectivity index (χ4n) is 2.68. The molecule has 0 aliphatic carbocycles. The number of nitriles is 2. The molecule has 0 saturated carbocycles. The quantitative estimate of drug-likeness (QED) is 0.732. The SMILES string of the molecule is CCC(C)C(c1ccc(OC#N)cc1)c1ccc(OC#N)cc1. The van der Waals surface area contributed by atoms with Crippen LogP contribution in [-0.2, 0) is 0 Å². The van der Waals surface area contributed by atoms with Gasteiger partial charge in [-0.3, -0.25) is 0 Å². The third-order valence-corrected chi connectivity index (χ3v) is 4.02. The average Bonchev–Trinajstić information content (AvgIpc) is 2.58. The van der Waals surface area contributed by atoms with Gasteiger partial charge in [-0.25, -0.2) is 0 Å². The zero-order chi connectivity index (χ0) is 16.7. The molecule has 0 saturated heterocycles. The van der Waals surface area contributed by atoms with E-state index in [-0.39, 0.29) is 5.92 Å². The number of benzene rings is 2. The van der Waals surface area contributed by atoms with E-state index in [0.717, 1.165) is 6.42 Å². The Morgan fingerprint density at radius 2 is 1.22 bits per heavy atom. The normalized spacial score (nSPS) is 11.3. The first-order valence-corrected chi connectivity index (χ1v) is 7.51. The van der Waals surface area contributed by atoms with Gasteiger partial charge in [0.2, 0.25) is 0 Å². The van der Waals surface area contributed by atoms with Crippen LogP contribution in [0.4, 0.5) is 0 Å². The van der Waals surface area contributed by atoms with Gasteiger partial charge in [0.05, 0.1) is 0 Å². The lowest BCUT2D eigenvalue weighted by Gasteiger charge is -2.24. The molecule has 1 unspecified atom stereocenters. The summed E-state index contributed by atoms with van der Waals surface area (Å²) in [4.78, 5) is 0. The Morgan fingerprint density at radius 1 is 0.826 bits per heavy atom. The van der Waals surface area contributed by atoms with Gasteiger partial charge in [0, 0.05) is 5.92 Å². The summed E-state index contributed by atoms with van der Waals surface area (Å²) in [6.07, 6.45) is 4.39. The highest BCUT2D eigenvalue weighted by Gasteiger charge is 2.20. The van der Waals surface area contributed by atoms with Gasteiger partial charge in [0.1, 0.15) is 11.5 Å². The molecule has 0 bridgehead atoms. The van der Waals surface area contributed by atoms with Gasteiger partial charge in [0.25, 0.3) is 12.5 Å². The molecule has 2 aromatic rings. The summed E-state index contributed by atoms with van der Waals surface area (Å²) in [5, 5.41) is 17.1. The lowest BCUT2D eigenvalue weighted by molar-refractivity contribution is 0.488. The molecule has 4 heteroatoms. The Balaban J connectivity index is 2.33. The maximum Gasteiger partial charge on any atom is 0.292 e. The first-order valence-electron chi connectivity index (χ1n) is 7.51. The zero-order valence-corrected chi connectivity index (χ0v) is 13.2. The Kier molecular flexibility index (Phi) is 5.61. The van der Waals surface area contributed by atoms with Crippen molar-refractivity contribution in [3.05, 3.63) is 59.7 Å². The van der Waals surface area contributed by atoms with Crippen LogP contribution < -0.4 is 9.47 Å². The second kappa shape index (κ2) is 7.87. The molecule has 0 spiro atoms. The minimum atomic E-state index is 0.229. The van der Waals surface area contributed by atoms with Gasteiger partial charge in [-0.1, -0.05) is 44.5 Å². The third-order valence-electron chi connectivity index (χ3n) is 4.02. The van der Waals surface area contributed by atoms with Crippen LogP contribution in [-0.4, -0.2) is 0 Å². The van der Waals surface area contributed by atoms with Gasteiger partial charge in [-0.15, -0.1) is 10.5 Å². The summed E-state index contributed by atoms with van der Waals surface area (Å²) in [6, 6.07) is 15.2. The predicted molar refractivity (Wildman–Crippen MR) is 86.7 cm³/mol. The molecule has 0 radical (unpaired) electrons. The van der Waals surface area contributed by atoms with E-state index in [0.29, 0.717) is 17.4 Å². The lowest BCUT2D eigenvalue weighted by Crippen LogP contribution is -2.10. The molecular formula is C19H18N2O2. The molecule has 0 fully saturated rings. The Labute approximate surface area is 136 Å². The maximum atomic E-state index is 8.57. The summed E-state index contributed by atoms with van der Waals surface area (Å²) in [5.74, 6) is 1.75. The molecule has 0 heterocycles. The highest BCUT2D eigenvalue weighted by Crippen LogP contribution is 2.35. The molecule has 0 aliphatic rings. The number of nitrogens with zero attached hydrogens (tertiary/aromatic N) is 2. The van der Waals surface area contributed by atoms with Crippen LogP contribution >= 0.6 is 0 Å². The minimum Gasteiger partial charge on any atom is -0.388 e. The van der Waals surface area contributed by atoms with Crippen LogP contribution in [0, 0.1) is 29.0 Å². The van der Waals surface area contributed by atoms with Gasteiger partial charge >= 0.3 is 0 Å². The van der Waals surface area contributed by atoms with Crippen molar-refractivity contribution in [1.82, 2.24) is 0 Å². The van der Waals surface area contributed by atoms with E-state index in [9.17, 15) is 0 Å². The minimum absolute atomic E-state index is 0.229. The Hall–Kier alpha value is -2.98. The summed E-state index contributed by atoms with van der Waals surface area (Å²) in [7, 11) is 0. The first kappa shape index (κ1) is 16.4. The Morgan fingerprint density at radius 3 is 1.52 bits per heavy atom. The molecule has 0 N–H and O–H groups in total. The van der Waals surface area contributed by atoms with Crippen molar-refractivity contribution in [3.8, 4) is 24.0 Å². The van der Waals surface area contributed by atoms with E-state index in [1.165, 1.54) is 11.1 Å². The van der Waals surface area contributed by atoms with Crippen LogP contribution in [0.2, 0.25) is 0 Å². The Bertz CT molecular complexity index is 650. The lowest BCUT2D eigenvalue weighted by atomic mass is 9.80. The molecular weight excluding hydrogens is 288 g/mol. The van der Waals surface area contributed by atoms with E-state index >= 15 is 0 Å².